The zero-order chi connectivity index (χ0) is 10.1. The molecule has 0 bridgehead atoms. The second-order valence-electron chi connectivity index (χ2n) is 3.23. The lowest BCUT2D eigenvalue weighted by molar-refractivity contribution is -0.380. The molecule has 6 nitrogen and oxygen atoms in total. The van der Waals surface area contributed by atoms with Gasteiger partial charge in [0.1, 0.15) is 6.20 Å². The highest BCUT2D eigenvalue weighted by Gasteiger charge is 2.23. The third-order valence-electron chi connectivity index (χ3n) is 2.16. The van der Waals surface area contributed by atoms with Crippen molar-refractivity contribution in [1.82, 2.24) is 4.98 Å². The second kappa shape index (κ2) is 3.50. The first kappa shape index (κ1) is 9.35. The molecule has 1 aromatic heterocycles. The van der Waals surface area contributed by atoms with E-state index in [1.807, 2.05) is 4.90 Å². The summed E-state index contributed by atoms with van der Waals surface area (Å²) in [6, 6.07) is 0.165. The van der Waals surface area contributed by atoms with Gasteiger partial charge in [-0.2, -0.15) is 0 Å². The van der Waals surface area contributed by atoms with Crippen LogP contribution < -0.4 is 10.6 Å². The molecule has 14 heavy (non-hydrogen) atoms. The van der Waals surface area contributed by atoms with Gasteiger partial charge < -0.3 is 10.6 Å². The molecule has 2 N–H and O–H groups in total. The molecule has 1 fully saturated rings. The molecule has 2 rings (SSSR count). The number of nitrogens with two attached hydrogens (primary N) is 1. The maximum absolute atomic E-state index is 10.4. The molecular formula is C7H10N4O2S. The minimum atomic E-state index is -0.419. The molecule has 76 valence electrons. The monoisotopic (exact) mass is 214 g/mol. The highest BCUT2D eigenvalue weighted by atomic mass is 32.1. The van der Waals surface area contributed by atoms with Gasteiger partial charge in [0.2, 0.25) is 0 Å². The van der Waals surface area contributed by atoms with Crippen molar-refractivity contribution in [3.05, 3.63) is 16.3 Å². The van der Waals surface area contributed by atoms with Crippen LogP contribution in [0.4, 0.5) is 10.1 Å². The van der Waals surface area contributed by atoms with Gasteiger partial charge in [-0.3, -0.25) is 10.1 Å². The fraction of sp³-hybridized carbons (Fsp3) is 0.571. The first-order valence-electron chi connectivity index (χ1n) is 4.27. The van der Waals surface area contributed by atoms with Crippen molar-refractivity contribution in [1.29, 1.82) is 0 Å². The standard InChI is InChI=1S/C7H10N4O2S/c8-5-1-2-10(4-5)7-9-3-6(14-7)11(12)13/h3,5H,1-2,4,8H2. The van der Waals surface area contributed by atoms with E-state index in [0.29, 0.717) is 5.13 Å². The Morgan fingerprint density at radius 1 is 1.79 bits per heavy atom. The van der Waals surface area contributed by atoms with E-state index in [9.17, 15) is 10.1 Å². The van der Waals surface area contributed by atoms with Crippen molar-refractivity contribution in [2.45, 2.75) is 12.5 Å². The van der Waals surface area contributed by atoms with Gasteiger partial charge in [-0.25, -0.2) is 4.98 Å². The quantitative estimate of drug-likeness (QED) is 0.575. The summed E-state index contributed by atoms with van der Waals surface area (Å²) in [5.74, 6) is 0. The average Bonchev–Trinajstić information content (AvgIpc) is 2.70. The van der Waals surface area contributed by atoms with Crippen LogP contribution in [-0.4, -0.2) is 29.0 Å². The maximum atomic E-state index is 10.4. The Morgan fingerprint density at radius 2 is 2.57 bits per heavy atom. The normalized spacial score (nSPS) is 21.5. The smallest absolute Gasteiger partial charge is 0.345 e. The lowest BCUT2D eigenvalue weighted by Gasteiger charge is -2.12. The summed E-state index contributed by atoms with van der Waals surface area (Å²) in [7, 11) is 0. The molecule has 1 unspecified atom stereocenters. The van der Waals surface area contributed by atoms with Gasteiger partial charge in [0.05, 0.1) is 4.92 Å². The number of rotatable bonds is 2. The van der Waals surface area contributed by atoms with Gasteiger partial charge in [0.15, 0.2) is 5.13 Å². The third-order valence-corrected chi connectivity index (χ3v) is 3.17. The van der Waals surface area contributed by atoms with E-state index in [0.717, 1.165) is 30.8 Å². The summed E-state index contributed by atoms with van der Waals surface area (Å²) < 4.78 is 0. The maximum Gasteiger partial charge on any atom is 0.345 e. The molecule has 0 spiro atoms. The summed E-state index contributed by atoms with van der Waals surface area (Å²) in [5, 5.41) is 11.2. The molecule has 7 heteroatoms. The summed E-state index contributed by atoms with van der Waals surface area (Å²) in [6.07, 6.45) is 2.22. The summed E-state index contributed by atoms with van der Waals surface area (Å²) >= 11 is 1.10. The number of thiazole rings is 1. The molecule has 0 aliphatic carbocycles. The number of hydrogen-bond acceptors (Lipinski definition) is 6. The van der Waals surface area contributed by atoms with E-state index in [1.54, 1.807) is 0 Å². The molecule has 0 saturated carbocycles. The molecule has 0 aromatic carbocycles. The van der Waals surface area contributed by atoms with Crippen LogP contribution in [0.5, 0.6) is 0 Å². The number of nitro groups is 1. The minimum Gasteiger partial charge on any atom is -0.346 e. The number of aromatic nitrogens is 1. The SMILES string of the molecule is NC1CCN(c2ncc([N+](=O)[O-])s2)C1. The Kier molecular flexibility index (Phi) is 2.34. The summed E-state index contributed by atoms with van der Waals surface area (Å²) in [5.41, 5.74) is 5.73. The lowest BCUT2D eigenvalue weighted by Crippen LogP contribution is -2.26. The van der Waals surface area contributed by atoms with Crippen molar-refractivity contribution in [3.63, 3.8) is 0 Å². The topological polar surface area (TPSA) is 85.3 Å². The van der Waals surface area contributed by atoms with Crippen LogP contribution in [0.3, 0.4) is 0 Å². The van der Waals surface area contributed by atoms with E-state index in [1.165, 1.54) is 6.20 Å². The summed E-state index contributed by atoms with van der Waals surface area (Å²) in [4.78, 5) is 16.0. The van der Waals surface area contributed by atoms with E-state index in [4.69, 9.17) is 5.73 Å². The number of nitrogens with zero attached hydrogens (tertiary/aromatic N) is 3. The van der Waals surface area contributed by atoms with Gasteiger partial charge in [-0.15, -0.1) is 0 Å². The van der Waals surface area contributed by atoms with Gasteiger partial charge in [-0.05, 0) is 17.8 Å². The van der Waals surface area contributed by atoms with Crippen molar-refractivity contribution >= 4 is 21.5 Å². The Labute approximate surface area is 84.5 Å². The Bertz CT molecular complexity index is 353. The van der Waals surface area contributed by atoms with Crippen molar-refractivity contribution in [2.75, 3.05) is 18.0 Å². The molecule has 2 heterocycles. The van der Waals surface area contributed by atoms with Crippen LogP contribution in [-0.2, 0) is 0 Å². The predicted molar refractivity (Wildman–Crippen MR) is 53.6 cm³/mol. The van der Waals surface area contributed by atoms with Gasteiger partial charge in [0.25, 0.3) is 0 Å². The number of hydrogen-bond donors (Lipinski definition) is 1. The second-order valence-corrected chi connectivity index (χ2v) is 4.22. The molecular weight excluding hydrogens is 204 g/mol. The Morgan fingerprint density at radius 3 is 3.07 bits per heavy atom. The summed E-state index contributed by atoms with van der Waals surface area (Å²) in [6.45, 7) is 1.58. The van der Waals surface area contributed by atoms with Crippen molar-refractivity contribution in [2.24, 2.45) is 5.73 Å². The lowest BCUT2D eigenvalue weighted by atomic mass is 10.3. The Hall–Kier alpha value is -1.21. The van der Waals surface area contributed by atoms with Gasteiger partial charge in [-0.1, -0.05) is 0 Å². The van der Waals surface area contributed by atoms with Crippen LogP contribution in [0, 0.1) is 10.1 Å². The van der Waals surface area contributed by atoms with Crippen molar-refractivity contribution < 1.29 is 4.92 Å². The van der Waals surface area contributed by atoms with Crippen LogP contribution >= 0.6 is 11.3 Å². The molecule has 1 aromatic rings. The molecule has 1 aliphatic heterocycles. The largest absolute Gasteiger partial charge is 0.346 e. The van der Waals surface area contributed by atoms with Crippen LogP contribution in [0.15, 0.2) is 6.20 Å². The van der Waals surface area contributed by atoms with E-state index < -0.39 is 4.92 Å². The first-order valence-corrected chi connectivity index (χ1v) is 5.09. The fourth-order valence-electron chi connectivity index (χ4n) is 1.45. The van der Waals surface area contributed by atoms with Crippen molar-refractivity contribution in [3.8, 4) is 0 Å². The molecule has 1 saturated heterocycles. The van der Waals surface area contributed by atoms with Gasteiger partial charge in [0, 0.05) is 19.1 Å². The molecule has 0 radical (unpaired) electrons. The molecule has 1 aliphatic rings. The van der Waals surface area contributed by atoms with E-state index in [-0.39, 0.29) is 11.0 Å². The Balaban J connectivity index is 2.13. The zero-order valence-corrected chi connectivity index (χ0v) is 8.24. The molecule has 1 atom stereocenters. The fourth-order valence-corrected chi connectivity index (χ4v) is 2.22. The predicted octanol–water partition coefficient (Wildman–Crippen LogP) is 0.589. The van der Waals surface area contributed by atoms with E-state index >= 15 is 0 Å². The highest BCUT2D eigenvalue weighted by Crippen LogP contribution is 2.29. The van der Waals surface area contributed by atoms with Gasteiger partial charge >= 0.3 is 5.00 Å². The molecule has 0 amide bonds. The average molecular weight is 214 g/mol. The first-order chi connectivity index (χ1) is 6.66. The number of anilines is 1. The zero-order valence-electron chi connectivity index (χ0n) is 7.42. The van der Waals surface area contributed by atoms with Crippen LogP contribution in [0.25, 0.3) is 0 Å². The van der Waals surface area contributed by atoms with Crippen LogP contribution in [0.2, 0.25) is 0 Å². The van der Waals surface area contributed by atoms with E-state index in [2.05, 4.69) is 4.98 Å². The third kappa shape index (κ3) is 1.68. The minimum absolute atomic E-state index is 0.0838. The highest BCUT2D eigenvalue weighted by molar-refractivity contribution is 7.18. The van der Waals surface area contributed by atoms with Crippen LogP contribution in [0.1, 0.15) is 6.42 Å².